The lowest BCUT2D eigenvalue weighted by atomic mass is 10.1. The summed E-state index contributed by atoms with van der Waals surface area (Å²) >= 11 is 0. The SMILES string of the molecule is O=C(Nc1cccc(-c2ccnc3cc(N4CCOCC4)nn23)c1)c1cccc(C(F)(F)F)c1. The fraction of sp³-hybridized carbons (Fsp3) is 0.208. The van der Waals surface area contributed by atoms with Crippen molar-refractivity contribution in [2.24, 2.45) is 0 Å². The molecule has 0 aliphatic carbocycles. The summed E-state index contributed by atoms with van der Waals surface area (Å²) in [6, 6.07) is 15.1. The molecule has 0 saturated carbocycles. The van der Waals surface area contributed by atoms with E-state index in [0.29, 0.717) is 24.5 Å². The van der Waals surface area contributed by atoms with Crippen LogP contribution in [0.5, 0.6) is 0 Å². The van der Waals surface area contributed by atoms with Crippen LogP contribution in [-0.2, 0) is 10.9 Å². The predicted molar refractivity (Wildman–Crippen MR) is 121 cm³/mol. The molecule has 0 radical (unpaired) electrons. The molecule has 10 heteroatoms. The molecule has 174 valence electrons. The minimum Gasteiger partial charge on any atom is -0.378 e. The Bertz CT molecular complexity index is 1350. The molecule has 0 unspecified atom stereocenters. The Morgan fingerprint density at radius 2 is 1.79 bits per heavy atom. The molecular weight excluding hydrogens is 447 g/mol. The largest absolute Gasteiger partial charge is 0.416 e. The average molecular weight is 467 g/mol. The van der Waals surface area contributed by atoms with Gasteiger partial charge in [0.25, 0.3) is 5.91 Å². The molecule has 0 spiro atoms. The Kier molecular flexibility index (Phi) is 5.66. The maximum absolute atomic E-state index is 13.0. The number of fused-ring (bicyclic) bond motifs is 1. The maximum Gasteiger partial charge on any atom is 0.416 e. The van der Waals surface area contributed by atoms with E-state index in [-0.39, 0.29) is 5.56 Å². The van der Waals surface area contributed by atoms with Crippen LogP contribution in [0.25, 0.3) is 16.9 Å². The molecule has 1 amide bonds. The first-order valence-electron chi connectivity index (χ1n) is 10.6. The van der Waals surface area contributed by atoms with Gasteiger partial charge in [-0.05, 0) is 36.4 Å². The van der Waals surface area contributed by atoms with Crippen LogP contribution in [-0.4, -0.2) is 46.8 Å². The number of anilines is 2. The molecule has 2 aromatic carbocycles. The Balaban J connectivity index is 1.42. The van der Waals surface area contributed by atoms with Crippen LogP contribution in [0.15, 0.2) is 66.9 Å². The van der Waals surface area contributed by atoms with E-state index in [2.05, 4.69) is 15.2 Å². The Hall–Kier alpha value is -3.92. The number of alkyl halides is 3. The van der Waals surface area contributed by atoms with Crippen LogP contribution in [0.2, 0.25) is 0 Å². The van der Waals surface area contributed by atoms with E-state index >= 15 is 0 Å². The van der Waals surface area contributed by atoms with E-state index in [9.17, 15) is 18.0 Å². The number of nitrogens with zero attached hydrogens (tertiary/aromatic N) is 4. The van der Waals surface area contributed by atoms with Gasteiger partial charge in [-0.3, -0.25) is 4.79 Å². The second-order valence-electron chi connectivity index (χ2n) is 7.82. The zero-order valence-electron chi connectivity index (χ0n) is 17.9. The van der Waals surface area contributed by atoms with E-state index in [1.807, 2.05) is 18.2 Å². The third kappa shape index (κ3) is 4.44. The number of nitrogens with one attached hydrogen (secondary N) is 1. The Morgan fingerprint density at radius 1 is 1.00 bits per heavy atom. The van der Waals surface area contributed by atoms with Crippen molar-refractivity contribution >= 4 is 23.1 Å². The summed E-state index contributed by atoms with van der Waals surface area (Å²) in [5.41, 5.74) is 1.71. The molecule has 1 saturated heterocycles. The number of carbonyl (C=O) groups excluding carboxylic acids is 1. The Morgan fingerprint density at radius 3 is 2.59 bits per heavy atom. The minimum atomic E-state index is -4.52. The summed E-state index contributed by atoms with van der Waals surface area (Å²) in [6.07, 6.45) is -2.84. The second kappa shape index (κ2) is 8.79. The van der Waals surface area contributed by atoms with Crippen molar-refractivity contribution in [3.63, 3.8) is 0 Å². The van der Waals surface area contributed by atoms with Crippen LogP contribution in [0.3, 0.4) is 0 Å². The highest BCUT2D eigenvalue weighted by molar-refractivity contribution is 6.04. The van der Waals surface area contributed by atoms with Gasteiger partial charge in [-0.1, -0.05) is 18.2 Å². The molecule has 1 aliphatic heterocycles. The van der Waals surface area contributed by atoms with Gasteiger partial charge in [0.1, 0.15) is 0 Å². The number of halogens is 3. The quantitative estimate of drug-likeness (QED) is 0.479. The number of benzene rings is 2. The van der Waals surface area contributed by atoms with E-state index < -0.39 is 17.6 Å². The van der Waals surface area contributed by atoms with Gasteiger partial charge in [-0.25, -0.2) is 9.50 Å². The van der Waals surface area contributed by atoms with E-state index in [4.69, 9.17) is 9.84 Å². The first kappa shape index (κ1) is 21.9. The zero-order valence-corrected chi connectivity index (χ0v) is 17.9. The number of rotatable bonds is 4. The van der Waals surface area contributed by atoms with Crippen LogP contribution >= 0.6 is 0 Å². The zero-order chi connectivity index (χ0) is 23.7. The molecule has 7 nitrogen and oxygen atoms in total. The fourth-order valence-electron chi connectivity index (χ4n) is 3.85. The van der Waals surface area contributed by atoms with E-state index in [0.717, 1.165) is 42.3 Å². The molecule has 0 bridgehead atoms. The van der Waals surface area contributed by atoms with Crippen molar-refractivity contribution in [1.29, 1.82) is 0 Å². The van der Waals surface area contributed by atoms with Gasteiger partial charge in [-0.15, -0.1) is 5.10 Å². The lowest BCUT2D eigenvalue weighted by Crippen LogP contribution is -2.36. The normalized spacial score (nSPS) is 14.4. The molecule has 1 N–H and O–H groups in total. The predicted octanol–water partition coefficient (Wildman–Crippen LogP) is 4.50. The van der Waals surface area contributed by atoms with Crippen molar-refractivity contribution < 1.29 is 22.7 Å². The molecule has 5 rings (SSSR count). The third-order valence-corrected chi connectivity index (χ3v) is 5.55. The van der Waals surface area contributed by atoms with Crippen molar-refractivity contribution in [1.82, 2.24) is 14.6 Å². The van der Waals surface area contributed by atoms with Crippen molar-refractivity contribution in [2.75, 3.05) is 36.5 Å². The van der Waals surface area contributed by atoms with Gasteiger partial charge in [0.15, 0.2) is 11.5 Å². The number of carbonyl (C=O) groups is 1. The van der Waals surface area contributed by atoms with Crippen LogP contribution < -0.4 is 10.2 Å². The summed E-state index contributed by atoms with van der Waals surface area (Å²) in [5.74, 6) is 0.175. The highest BCUT2D eigenvalue weighted by Gasteiger charge is 2.31. The average Bonchev–Trinajstić information content (AvgIpc) is 3.29. The molecule has 2 aromatic heterocycles. The van der Waals surface area contributed by atoms with Gasteiger partial charge in [0, 0.05) is 42.2 Å². The number of hydrogen-bond acceptors (Lipinski definition) is 5. The molecule has 4 aromatic rings. The van der Waals surface area contributed by atoms with Crippen molar-refractivity contribution in [2.45, 2.75) is 6.18 Å². The smallest absolute Gasteiger partial charge is 0.378 e. The fourth-order valence-corrected chi connectivity index (χ4v) is 3.85. The summed E-state index contributed by atoms with van der Waals surface area (Å²) in [5, 5.41) is 7.39. The van der Waals surface area contributed by atoms with Gasteiger partial charge >= 0.3 is 6.18 Å². The van der Waals surface area contributed by atoms with E-state index in [1.54, 1.807) is 28.9 Å². The highest BCUT2D eigenvalue weighted by atomic mass is 19.4. The number of aromatic nitrogens is 3. The van der Waals surface area contributed by atoms with Crippen LogP contribution in [0.1, 0.15) is 15.9 Å². The topological polar surface area (TPSA) is 71.8 Å². The molecule has 1 fully saturated rings. The summed E-state index contributed by atoms with van der Waals surface area (Å²) in [7, 11) is 0. The molecule has 34 heavy (non-hydrogen) atoms. The van der Waals surface area contributed by atoms with Crippen LogP contribution in [0, 0.1) is 0 Å². The molecule has 1 aliphatic rings. The number of amides is 1. The number of hydrogen-bond donors (Lipinski definition) is 1. The lowest BCUT2D eigenvalue weighted by molar-refractivity contribution is -0.137. The van der Waals surface area contributed by atoms with Crippen LogP contribution in [0.4, 0.5) is 24.7 Å². The summed E-state index contributed by atoms with van der Waals surface area (Å²) < 4.78 is 46.1. The first-order valence-corrected chi connectivity index (χ1v) is 10.6. The van der Waals surface area contributed by atoms with Gasteiger partial charge < -0.3 is 15.0 Å². The van der Waals surface area contributed by atoms with E-state index in [1.165, 1.54) is 12.1 Å². The third-order valence-electron chi connectivity index (χ3n) is 5.55. The maximum atomic E-state index is 13.0. The lowest BCUT2D eigenvalue weighted by Gasteiger charge is -2.26. The summed E-state index contributed by atoms with van der Waals surface area (Å²) in [4.78, 5) is 19.1. The minimum absolute atomic E-state index is 0.0752. The van der Waals surface area contributed by atoms with Crippen molar-refractivity contribution in [3.8, 4) is 11.3 Å². The van der Waals surface area contributed by atoms with Gasteiger partial charge in [0.2, 0.25) is 0 Å². The molecular formula is C24H20F3N5O2. The standard InChI is InChI=1S/C24H20F3N5O2/c25-24(26,27)18-5-1-4-17(13-18)23(33)29-19-6-2-3-16(14-19)20-7-8-28-21-15-22(30-32(20)21)31-9-11-34-12-10-31/h1-8,13-15H,9-12H2,(H,29,33). The first-order chi connectivity index (χ1) is 16.4. The monoisotopic (exact) mass is 467 g/mol. The molecule has 0 atom stereocenters. The van der Waals surface area contributed by atoms with Gasteiger partial charge in [-0.2, -0.15) is 13.2 Å². The second-order valence-corrected chi connectivity index (χ2v) is 7.82. The highest BCUT2D eigenvalue weighted by Crippen LogP contribution is 2.30. The Labute approximate surface area is 192 Å². The van der Waals surface area contributed by atoms with Gasteiger partial charge in [0.05, 0.1) is 24.5 Å². The molecule has 3 heterocycles. The number of morpholine rings is 1. The number of ether oxygens (including phenoxy) is 1. The van der Waals surface area contributed by atoms with Crippen molar-refractivity contribution in [3.05, 3.63) is 78.0 Å². The summed E-state index contributed by atoms with van der Waals surface area (Å²) in [6.45, 7) is 2.77.